The number of rotatable bonds is 7. The molecule has 4 bridgehead atoms. The molecule has 0 unspecified atom stereocenters. The Labute approximate surface area is 195 Å². The van der Waals surface area contributed by atoms with Gasteiger partial charge in [-0.1, -0.05) is 6.07 Å². The van der Waals surface area contributed by atoms with Crippen molar-refractivity contribution in [1.29, 1.82) is 0 Å². The van der Waals surface area contributed by atoms with Crippen LogP contribution in [0.3, 0.4) is 0 Å². The van der Waals surface area contributed by atoms with E-state index in [1.165, 1.54) is 38.5 Å². The van der Waals surface area contributed by atoms with Crippen molar-refractivity contribution < 1.29 is 9.59 Å². The van der Waals surface area contributed by atoms with Crippen LogP contribution >= 0.6 is 0 Å². The zero-order valence-electron chi connectivity index (χ0n) is 19.3. The first-order chi connectivity index (χ1) is 16.1. The lowest BCUT2D eigenvalue weighted by molar-refractivity contribution is -0.124. The van der Waals surface area contributed by atoms with Gasteiger partial charge in [0.05, 0.1) is 6.33 Å². The van der Waals surface area contributed by atoms with Crippen LogP contribution in [0.15, 0.2) is 36.9 Å². The first-order valence-electron chi connectivity index (χ1n) is 12.7. The summed E-state index contributed by atoms with van der Waals surface area (Å²) in [6.45, 7) is 2.30. The second-order valence-electron chi connectivity index (χ2n) is 11.2. The van der Waals surface area contributed by atoms with Gasteiger partial charge in [-0.2, -0.15) is 0 Å². The predicted molar refractivity (Wildman–Crippen MR) is 127 cm³/mol. The van der Waals surface area contributed by atoms with Gasteiger partial charge in [-0.25, -0.2) is 4.98 Å². The Morgan fingerprint density at radius 2 is 1.85 bits per heavy atom. The lowest BCUT2D eigenvalue weighted by atomic mass is 9.49. The quantitative estimate of drug-likeness (QED) is 0.680. The normalized spacial score (nSPS) is 29.9. The van der Waals surface area contributed by atoms with Crippen molar-refractivity contribution in [3.8, 4) is 0 Å². The van der Waals surface area contributed by atoms with Crippen molar-refractivity contribution in [2.75, 3.05) is 18.4 Å². The Hall–Kier alpha value is -2.63. The number of carbonyl (C=O) groups is 2. The molecule has 4 fully saturated rings. The molecular weight excluding hydrogens is 412 g/mol. The van der Waals surface area contributed by atoms with Crippen molar-refractivity contribution >= 4 is 17.5 Å². The molecule has 1 N–H and O–H groups in total. The summed E-state index contributed by atoms with van der Waals surface area (Å²) in [5.41, 5.74) is 2.83. The summed E-state index contributed by atoms with van der Waals surface area (Å²) in [5, 5.41) is 3.22. The average molecular weight is 447 g/mol. The van der Waals surface area contributed by atoms with Gasteiger partial charge in [0, 0.05) is 49.7 Å². The molecule has 2 aromatic rings. The number of amides is 2. The highest BCUT2D eigenvalue weighted by Gasteiger charge is 2.51. The fourth-order valence-corrected chi connectivity index (χ4v) is 7.81. The minimum atomic E-state index is 0.0825. The third-order valence-corrected chi connectivity index (χ3v) is 8.70. The maximum atomic E-state index is 13.2. The van der Waals surface area contributed by atoms with Crippen LogP contribution in [-0.4, -0.2) is 39.4 Å². The number of aromatic nitrogens is 2. The first-order valence-corrected chi connectivity index (χ1v) is 12.7. The number of hydrogen-bond acceptors (Lipinski definition) is 3. The van der Waals surface area contributed by atoms with Gasteiger partial charge in [0.15, 0.2) is 0 Å². The fraction of sp³-hybridized carbons (Fsp3) is 0.593. The molecule has 6 heteroatoms. The van der Waals surface area contributed by atoms with E-state index in [4.69, 9.17) is 0 Å². The zero-order valence-corrected chi connectivity index (χ0v) is 19.3. The fourth-order valence-electron chi connectivity index (χ4n) is 7.81. The number of carbonyl (C=O) groups excluding carboxylic acids is 2. The Bertz CT molecular complexity index is 1010. The summed E-state index contributed by atoms with van der Waals surface area (Å²) in [7, 11) is 0. The van der Waals surface area contributed by atoms with E-state index in [1.807, 2.05) is 40.2 Å². The van der Waals surface area contributed by atoms with Gasteiger partial charge in [0.25, 0.3) is 5.91 Å². The van der Waals surface area contributed by atoms with Crippen LogP contribution in [0.4, 0.5) is 5.69 Å². The van der Waals surface area contributed by atoms with E-state index in [9.17, 15) is 9.59 Å². The van der Waals surface area contributed by atoms with Crippen LogP contribution in [0.5, 0.6) is 0 Å². The van der Waals surface area contributed by atoms with Crippen LogP contribution in [0, 0.1) is 23.2 Å². The van der Waals surface area contributed by atoms with E-state index < -0.39 is 0 Å². The highest BCUT2D eigenvalue weighted by molar-refractivity contribution is 6.00. The molecule has 33 heavy (non-hydrogen) atoms. The summed E-state index contributed by atoms with van der Waals surface area (Å²) in [6, 6.07) is 5.79. The number of nitrogens with zero attached hydrogens (tertiary/aromatic N) is 3. The predicted octanol–water partition coefficient (Wildman–Crippen LogP) is 4.52. The summed E-state index contributed by atoms with van der Waals surface area (Å²) < 4.78 is 2.04. The van der Waals surface area contributed by atoms with Crippen molar-refractivity contribution in [2.24, 2.45) is 23.2 Å². The summed E-state index contributed by atoms with van der Waals surface area (Å²) >= 11 is 0. The van der Waals surface area contributed by atoms with E-state index >= 15 is 0 Å². The molecule has 4 saturated carbocycles. The molecule has 4 aliphatic carbocycles. The average Bonchev–Trinajstić information content (AvgIpc) is 3.28. The minimum Gasteiger partial charge on any atom is -0.338 e. The molecule has 0 radical (unpaired) electrons. The third-order valence-electron chi connectivity index (χ3n) is 8.70. The molecule has 5 aliphatic rings. The van der Waals surface area contributed by atoms with Gasteiger partial charge in [-0.3, -0.25) is 9.59 Å². The number of anilines is 1. The largest absolute Gasteiger partial charge is 0.338 e. The van der Waals surface area contributed by atoms with Crippen molar-refractivity contribution in [2.45, 2.75) is 64.3 Å². The molecule has 2 amide bonds. The van der Waals surface area contributed by atoms with Crippen molar-refractivity contribution in [1.82, 2.24) is 14.5 Å². The Morgan fingerprint density at radius 1 is 1.09 bits per heavy atom. The Kier molecular flexibility index (Phi) is 5.27. The number of fused-ring (bicyclic) bond motifs is 1. The van der Waals surface area contributed by atoms with E-state index in [1.54, 1.807) is 6.20 Å². The van der Waals surface area contributed by atoms with Crippen LogP contribution < -0.4 is 5.32 Å². The van der Waals surface area contributed by atoms with E-state index in [0.717, 1.165) is 60.5 Å². The minimum absolute atomic E-state index is 0.0825. The molecule has 2 heterocycles. The number of hydrogen-bond donors (Lipinski definition) is 1. The number of nitrogens with one attached hydrogen (secondary N) is 1. The molecular formula is C27H34N4O2. The Balaban J connectivity index is 1.10. The van der Waals surface area contributed by atoms with Gasteiger partial charge < -0.3 is 14.8 Å². The van der Waals surface area contributed by atoms with Gasteiger partial charge in [-0.05, 0) is 92.2 Å². The number of imidazole rings is 1. The Morgan fingerprint density at radius 3 is 2.55 bits per heavy atom. The van der Waals surface area contributed by atoms with Crippen LogP contribution in [0.1, 0.15) is 67.3 Å². The topological polar surface area (TPSA) is 67.2 Å². The first kappa shape index (κ1) is 20.9. The van der Waals surface area contributed by atoms with Crippen molar-refractivity contribution in [3.63, 3.8) is 0 Å². The lowest BCUT2D eigenvalue weighted by Crippen LogP contribution is -2.47. The molecule has 174 valence electrons. The van der Waals surface area contributed by atoms with Crippen LogP contribution in [0.2, 0.25) is 0 Å². The smallest absolute Gasteiger partial charge is 0.254 e. The highest BCUT2D eigenvalue weighted by atomic mass is 16.2. The maximum Gasteiger partial charge on any atom is 0.254 e. The monoisotopic (exact) mass is 446 g/mol. The van der Waals surface area contributed by atoms with Gasteiger partial charge in [0.1, 0.15) is 0 Å². The van der Waals surface area contributed by atoms with E-state index in [2.05, 4.69) is 10.3 Å². The maximum absolute atomic E-state index is 13.2. The molecule has 0 saturated heterocycles. The summed E-state index contributed by atoms with van der Waals surface area (Å²) in [5.74, 6) is 2.78. The van der Waals surface area contributed by atoms with E-state index in [0.29, 0.717) is 13.0 Å². The molecule has 1 aromatic carbocycles. The second kappa shape index (κ2) is 8.30. The van der Waals surface area contributed by atoms with Crippen LogP contribution in [-0.2, 0) is 17.8 Å². The highest BCUT2D eigenvalue weighted by Crippen LogP contribution is 2.61. The molecule has 0 atom stereocenters. The number of benzene rings is 1. The zero-order chi connectivity index (χ0) is 22.4. The lowest BCUT2D eigenvalue weighted by Gasteiger charge is -2.56. The standard InChI is InChI=1S/C27H34N4O2/c32-25(17-27-14-19-11-20(15-27)13-21(12-19)16-27)29-24-4-1-3-23-22(24)5-9-31(26(23)33)8-2-7-30-10-6-28-18-30/h1,3-4,6,10,18-21H,2,5,7-9,11-17H2,(H,29,32). The second-order valence-corrected chi connectivity index (χ2v) is 11.2. The van der Waals surface area contributed by atoms with Gasteiger partial charge >= 0.3 is 0 Å². The van der Waals surface area contributed by atoms with Crippen LogP contribution in [0.25, 0.3) is 0 Å². The number of aryl methyl sites for hydroxylation is 1. The van der Waals surface area contributed by atoms with Gasteiger partial charge in [-0.15, -0.1) is 0 Å². The van der Waals surface area contributed by atoms with Gasteiger partial charge in [0.2, 0.25) is 5.91 Å². The molecule has 7 rings (SSSR count). The summed E-state index contributed by atoms with van der Waals surface area (Å²) in [4.78, 5) is 32.3. The molecule has 1 aromatic heterocycles. The molecule has 1 aliphatic heterocycles. The third kappa shape index (κ3) is 4.09. The SMILES string of the molecule is O=C(CC12CC3CC(CC(C3)C1)C2)Nc1cccc2c1CCN(CCCn1ccnc1)C2=O. The molecule has 6 nitrogen and oxygen atoms in total. The molecule has 0 spiro atoms. The van der Waals surface area contributed by atoms with E-state index in [-0.39, 0.29) is 17.2 Å². The summed E-state index contributed by atoms with van der Waals surface area (Å²) in [6.07, 6.45) is 15.8. The van der Waals surface area contributed by atoms with Crippen molar-refractivity contribution in [3.05, 3.63) is 48.0 Å².